The molecule has 1 fully saturated rings. The van der Waals surface area contributed by atoms with Gasteiger partial charge in [-0.15, -0.1) is 11.3 Å². The summed E-state index contributed by atoms with van der Waals surface area (Å²) in [7, 11) is 1.46. The van der Waals surface area contributed by atoms with Gasteiger partial charge < -0.3 is 10.1 Å². The molecule has 5 heteroatoms. The van der Waals surface area contributed by atoms with E-state index in [1.807, 2.05) is 11.4 Å². The second-order valence-corrected chi connectivity index (χ2v) is 5.99. The zero-order valence-electron chi connectivity index (χ0n) is 11.4. The van der Waals surface area contributed by atoms with Gasteiger partial charge in [-0.2, -0.15) is 0 Å². The molecule has 1 saturated carbocycles. The molecule has 1 N–H and O–H groups in total. The Bertz CT molecular complexity index is 595. The minimum absolute atomic E-state index is 0.260. The number of ether oxygens (including phenoxy) is 1. The van der Waals surface area contributed by atoms with Gasteiger partial charge in [-0.3, -0.25) is 0 Å². The molecule has 0 unspecified atom stereocenters. The Hall–Kier alpha value is -1.46. The highest BCUT2D eigenvalue weighted by Crippen LogP contribution is 2.28. The second-order valence-electron chi connectivity index (χ2n) is 5.05. The van der Waals surface area contributed by atoms with Gasteiger partial charge in [-0.05, 0) is 43.5 Å². The van der Waals surface area contributed by atoms with Crippen LogP contribution in [0.1, 0.15) is 17.8 Å². The molecule has 2 aromatic rings. The van der Waals surface area contributed by atoms with Crippen molar-refractivity contribution in [3.8, 4) is 17.0 Å². The van der Waals surface area contributed by atoms with Crippen molar-refractivity contribution in [1.82, 2.24) is 10.3 Å². The molecule has 0 radical (unpaired) electrons. The average molecular weight is 292 g/mol. The van der Waals surface area contributed by atoms with Crippen LogP contribution < -0.4 is 10.1 Å². The minimum atomic E-state index is -0.355. The number of aromatic nitrogens is 1. The maximum atomic E-state index is 13.7. The standard InChI is InChI=1S/C15H17FN2OS/c1-19-14-5-4-11(6-12(14)16)13-9-20-15(18-13)8-17-7-10-2-3-10/h4-6,9-10,17H,2-3,7-8H2,1H3. The largest absolute Gasteiger partial charge is 0.494 e. The molecule has 20 heavy (non-hydrogen) atoms. The summed E-state index contributed by atoms with van der Waals surface area (Å²) in [5.41, 5.74) is 1.60. The monoisotopic (exact) mass is 292 g/mol. The van der Waals surface area contributed by atoms with Crippen LogP contribution in [0.15, 0.2) is 23.6 Å². The van der Waals surface area contributed by atoms with Gasteiger partial charge in [0, 0.05) is 17.5 Å². The van der Waals surface area contributed by atoms with Crippen LogP contribution in [0.4, 0.5) is 4.39 Å². The predicted molar refractivity (Wildman–Crippen MR) is 78.5 cm³/mol. The summed E-state index contributed by atoms with van der Waals surface area (Å²) in [6.45, 7) is 1.87. The van der Waals surface area contributed by atoms with E-state index >= 15 is 0 Å². The van der Waals surface area contributed by atoms with Crippen molar-refractivity contribution in [2.75, 3.05) is 13.7 Å². The lowest BCUT2D eigenvalue weighted by molar-refractivity contribution is 0.386. The Morgan fingerprint density at radius 3 is 3.00 bits per heavy atom. The summed E-state index contributed by atoms with van der Waals surface area (Å²) < 4.78 is 18.6. The highest BCUT2D eigenvalue weighted by atomic mass is 32.1. The van der Waals surface area contributed by atoms with Gasteiger partial charge in [0.15, 0.2) is 11.6 Å². The van der Waals surface area contributed by atoms with Crippen LogP contribution in [0.2, 0.25) is 0 Å². The van der Waals surface area contributed by atoms with Crippen LogP contribution in [0.25, 0.3) is 11.3 Å². The lowest BCUT2D eigenvalue weighted by Crippen LogP contribution is -2.15. The van der Waals surface area contributed by atoms with Gasteiger partial charge in [0.2, 0.25) is 0 Å². The van der Waals surface area contributed by atoms with E-state index in [1.165, 1.54) is 26.0 Å². The molecule has 106 valence electrons. The van der Waals surface area contributed by atoms with Gasteiger partial charge in [0.05, 0.1) is 12.8 Å². The molecule has 0 amide bonds. The van der Waals surface area contributed by atoms with E-state index in [9.17, 15) is 4.39 Å². The van der Waals surface area contributed by atoms with Crippen molar-refractivity contribution in [2.24, 2.45) is 5.92 Å². The van der Waals surface area contributed by atoms with E-state index in [2.05, 4.69) is 10.3 Å². The molecule has 1 aliphatic rings. The summed E-state index contributed by atoms with van der Waals surface area (Å²) in [4.78, 5) is 4.54. The molecule has 3 rings (SSSR count). The molecular formula is C15H17FN2OS. The lowest BCUT2D eigenvalue weighted by Gasteiger charge is -2.03. The van der Waals surface area contributed by atoms with E-state index in [4.69, 9.17) is 4.74 Å². The quantitative estimate of drug-likeness (QED) is 0.885. The molecule has 1 aromatic heterocycles. The third-order valence-corrected chi connectivity index (χ3v) is 4.25. The van der Waals surface area contributed by atoms with E-state index in [-0.39, 0.29) is 11.6 Å². The highest BCUT2D eigenvalue weighted by Gasteiger charge is 2.20. The highest BCUT2D eigenvalue weighted by molar-refractivity contribution is 7.09. The Morgan fingerprint density at radius 2 is 2.30 bits per heavy atom. The minimum Gasteiger partial charge on any atom is -0.494 e. The molecule has 1 heterocycles. The van der Waals surface area contributed by atoms with E-state index in [1.54, 1.807) is 17.4 Å². The number of rotatable bonds is 6. The maximum absolute atomic E-state index is 13.7. The zero-order valence-corrected chi connectivity index (χ0v) is 12.2. The van der Waals surface area contributed by atoms with Gasteiger partial charge in [0.25, 0.3) is 0 Å². The average Bonchev–Trinajstić information content (AvgIpc) is 3.15. The third kappa shape index (κ3) is 3.16. The number of hydrogen-bond acceptors (Lipinski definition) is 4. The van der Waals surface area contributed by atoms with Crippen molar-refractivity contribution in [3.05, 3.63) is 34.4 Å². The Balaban J connectivity index is 1.67. The van der Waals surface area contributed by atoms with Crippen molar-refractivity contribution in [2.45, 2.75) is 19.4 Å². The number of methoxy groups -OCH3 is 1. The number of nitrogens with one attached hydrogen (secondary N) is 1. The number of hydrogen-bond donors (Lipinski definition) is 1. The fourth-order valence-electron chi connectivity index (χ4n) is 2.06. The smallest absolute Gasteiger partial charge is 0.165 e. The molecule has 1 aromatic carbocycles. The SMILES string of the molecule is COc1ccc(-c2csc(CNCC3CC3)n2)cc1F. The topological polar surface area (TPSA) is 34.1 Å². The first-order valence-corrected chi connectivity index (χ1v) is 7.63. The first-order chi connectivity index (χ1) is 9.76. The molecule has 1 aliphatic carbocycles. The summed E-state index contributed by atoms with van der Waals surface area (Å²) in [5, 5.41) is 6.42. The Labute approximate surface area is 121 Å². The van der Waals surface area contributed by atoms with Crippen molar-refractivity contribution in [3.63, 3.8) is 0 Å². The molecule has 0 atom stereocenters. The van der Waals surface area contributed by atoms with Crippen LogP contribution >= 0.6 is 11.3 Å². The van der Waals surface area contributed by atoms with Crippen LogP contribution in [0.5, 0.6) is 5.75 Å². The molecule has 3 nitrogen and oxygen atoms in total. The van der Waals surface area contributed by atoms with E-state index in [0.29, 0.717) is 0 Å². The van der Waals surface area contributed by atoms with E-state index < -0.39 is 0 Å². The molecule has 0 aliphatic heterocycles. The first kappa shape index (κ1) is 13.5. The number of benzene rings is 1. The van der Waals surface area contributed by atoms with Crippen LogP contribution in [-0.2, 0) is 6.54 Å². The summed E-state index contributed by atoms with van der Waals surface area (Å²) in [6.07, 6.45) is 2.70. The lowest BCUT2D eigenvalue weighted by atomic mass is 10.1. The molecule has 0 spiro atoms. The number of thiazole rings is 1. The zero-order chi connectivity index (χ0) is 13.9. The van der Waals surface area contributed by atoms with Gasteiger partial charge in [-0.1, -0.05) is 0 Å². The fraction of sp³-hybridized carbons (Fsp3) is 0.400. The number of halogens is 1. The summed E-state index contributed by atoms with van der Waals surface area (Å²) >= 11 is 1.60. The van der Waals surface area contributed by atoms with E-state index in [0.717, 1.165) is 35.3 Å². The van der Waals surface area contributed by atoms with Crippen molar-refractivity contribution >= 4 is 11.3 Å². The van der Waals surface area contributed by atoms with Crippen molar-refractivity contribution < 1.29 is 9.13 Å². The molecule has 0 bridgehead atoms. The normalized spacial score (nSPS) is 14.5. The van der Waals surface area contributed by atoms with Gasteiger partial charge in [0.1, 0.15) is 5.01 Å². The Morgan fingerprint density at radius 1 is 1.45 bits per heavy atom. The first-order valence-electron chi connectivity index (χ1n) is 6.75. The second kappa shape index (κ2) is 5.89. The van der Waals surface area contributed by atoms with Crippen LogP contribution in [0, 0.1) is 11.7 Å². The summed E-state index contributed by atoms with van der Waals surface area (Å²) in [6, 6.07) is 4.93. The van der Waals surface area contributed by atoms with Crippen molar-refractivity contribution in [1.29, 1.82) is 0 Å². The van der Waals surface area contributed by atoms with Crippen LogP contribution in [-0.4, -0.2) is 18.6 Å². The summed E-state index contributed by atoms with van der Waals surface area (Å²) in [5.74, 6) is 0.770. The maximum Gasteiger partial charge on any atom is 0.165 e. The predicted octanol–water partition coefficient (Wildman–Crippen LogP) is 3.46. The van der Waals surface area contributed by atoms with Gasteiger partial charge >= 0.3 is 0 Å². The number of nitrogens with zero attached hydrogens (tertiary/aromatic N) is 1. The molecule has 0 saturated heterocycles. The third-order valence-electron chi connectivity index (χ3n) is 3.41. The van der Waals surface area contributed by atoms with Gasteiger partial charge in [-0.25, -0.2) is 9.37 Å². The molecular weight excluding hydrogens is 275 g/mol. The fourth-order valence-corrected chi connectivity index (χ4v) is 2.83. The van der Waals surface area contributed by atoms with Crippen LogP contribution in [0.3, 0.4) is 0 Å². The Kier molecular flexibility index (Phi) is 3.98.